The van der Waals surface area contributed by atoms with E-state index in [1.807, 2.05) is 0 Å². The number of nitrogens with one attached hydrogen (secondary N) is 2. The van der Waals surface area contributed by atoms with Gasteiger partial charge < -0.3 is 25.4 Å². The number of fused-ring (bicyclic) bond motifs is 3. The Morgan fingerprint density at radius 1 is 1.22 bits per heavy atom. The van der Waals surface area contributed by atoms with Crippen LogP contribution in [0.2, 0.25) is 0 Å². The van der Waals surface area contributed by atoms with Crippen molar-refractivity contribution in [3.63, 3.8) is 0 Å². The molecule has 0 spiro atoms. The summed E-state index contributed by atoms with van der Waals surface area (Å²) in [7, 11) is 0. The first kappa shape index (κ1) is 29.3. The number of ether oxygens (including phenoxy) is 1. The smallest absolute Gasteiger partial charge is 0.319 e. The van der Waals surface area contributed by atoms with Gasteiger partial charge in [0.15, 0.2) is 5.82 Å². The van der Waals surface area contributed by atoms with Crippen LogP contribution < -0.4 is 15.4 Å². The van der Waals surface area contributed by atoms with Crippen LogP contribution in [0.15, 0.2) is 30.5 Å². The second-order valence-corrected chi connectivity index (χ2v) is 12.0. The minimum Gasteiger partial charge on any atom is -0.508 e. The van der Waals surface area contributed by atoms with Gasteiger partial charge in [0.25, 0.3) is 0 Å². The van der Waals surface area contributed by atoms with Crippen molar-refractivity contribution in [2.75, 3.05) is 51.2 Å². The van der Waals surface area contributed by atoms with Gasteiger partial charge in [0, 0.05) is 50.9 Å². The molecule has 13 heteroatoms. The van der Waals surface area contributed by atoms with Gasteiger partial charge >= 0.3 is 12.0 Å². The van der Waals surface area contributed by atoms with Gasteiger partial charge in [0.05, 0.1) is 10.9 Å². The van der Waals surface area contributed by atoms with E-state index >= 15 is 4.39 Å². The minimum absolute atomic E-state index is 0.0760. The molecule has 3 aliphatic rings. The third kappa shape index (κ3) is 5.22. The molecule has 5 heterocycles. The van der Waals surface area contributed by atoms with Gasteiger partial charge in [0.2, 0.25) is 0 Å². The van der Waals surface area contributed by atoms with Crippen LogP contribution in [0.3, 0.4) is 0 Å². The van der Waals surface area contributed by atoms with E-state index in [1.54, 1.807) is 17.9 Å². The van der Waals surface area contributed by atoms with E-state index in [0.717, 1.165) is 19.4 Å². The molecule has 0 aliphatic carbocycles. The van der Waals surface area contributed by atoms with Crippen molar-refractivity contribution in [2.45, 2.75) is 44.3 Å². The van der Waals surface area contributed by atoms with Crippen LogP contribution in [0.5, 0.6) is 11.8 Å². The van der Waals surface area contributed by atoms with Gasteiger partial charge in [-0.2, -0.15) is 9.97 Å². The maximum absolute atomic E-state index is 16.6. The average molecular weight is 622 g/mol. The van der Waals surface area contributed by atoms with Crippen molar-refractivity contribution in [1.82, 2.24) is 30.1 Å². The van der Waals surface area contributed by atoms with Crippen LogP contribution in [-0.2, 0) is 6.42 Å². The van der Waals surface area contributed by atoms with Crippen LogP contribution in [-0.4, -0.2) is 93.5 Å². The summed E-state index contributed by atoms with van der Waals surface area (Å²) in [5.74, 6) is -1.07. The van der Waals surface area contributed by atoms with Gasteiger partial charge in [-0.05, 0) is 60.3 Å². The zero-order valence-electron chi connectivity index (χ0n) is 24.9. The number of phenols is 1. The number of amides is 2. The molecule has 3 aliphatic heterocycles. The summed E-state index contributed by atoms with van der Waals surface area (Å²) in [6, 6.07) is 5.51. The fourth-order valence-corrected chi connectivity index (χ4v) is 7.14. The maximum Gasteiger partial charge on any atom is 0.319 e. The molecule has 0 saturated carbocycles. The minimum atomic E-state index is -0.938. The molecule has 236 valence electrons. The second kappa shape index (κ2) is 11.5. The maximum atomic E-state index is 16.6. The molecule has 3 fully saturated rings. The third-order valence-corrected chi connectivity index (χ3v) is 9.28. The van der Waals surface area contributed by atoms with Gasteiger partial charge in [-0.25, -0.2) is 18.0 Å². The first-order valence-electron chi connectivity index (χ1n) is 15.4. The highest BCUT2D eigenvalue weighted by Crippen LogP contribution is 2.41. The van der Waals surface area contributed by atoms with Crippen molar-refractivity contribution < 1.29 is 27.8 Å². The third-order valence-electron chi connectivity index (χ3n) is 9.28. The van der Waals surface area contributed by atoms with Crippen molar-refractivity contribution in [3.8, 4) is 23.0 Å². The predicted molar refractivity (Wildman–Crippen MR) is 163 cm³/mol. The summed E-state index contributed by atoms with van der Waals surface area (Å²) >= 11 is 0. The normalized spacial score (nSPS) is 21.6. The molecule has 45 heavy (non-hydrogen) atoms. The number of alkyl halides is 1. The fraction of sp³-hybridized carbons (Fsp3) is 0.438. The highest BCUT2D eigenvalue weighted by Gasteiger charge is 2.49. The van der Waals surface area contributed by atoms with Crippen LogP contribution in [0.25, 0.3) is 32.9 Å². The van der Waals surface area contributed by atoms with Gasteiger partial charge in [-0.15, -0.1) is 0 Å². The first-order chi connectivity index (χ1) is 21.8. The number of hydrogen-bond acceptors (Lipinski definition) is 8. The quantitative estimate of drug-likeness (QED) is 0.245. The molecule has 3 saturated heterocycles. The first-order valence-corrected chi connectivity index (χ1v) is 15.4. The van der Waals surface area contributed by atoms with E-state index in [2.05, 4.69) is 30.5 Å². The Morgan fingerprint density at radius 2 is 2.09 bits per heavy atom. The van der Waals surface area contributed by atoms with E-state index in [1.165, 1.54) is 24.4 Å². The number of aromatic hydroxyl groups is 1. The lowest BCUT2D eigenvalue weighted by Gasteiger charge is -2.30. The van der Waals surface area contributed by atoms with Gasteiger partial charge in [0.1, 0.15) is 41.4 Å². The molecule has 10 nitrogen and oxygen atoms in total. The SMILES string of the molecule is CCc1c(F)ccc2cc(O)cc(-c3ncc4c(NCCN5CCNC5=O)nc(OC[C@@]56CCCN5C[C@H](F)C6)nc4c3F)c12. The average Bonchev–Trinajstić information content (AvgIpc) is 3.69. The summed E-state index contributed by atoms with van der Waals surface area (Å²) in [5, 5.41) is 17.7. The number of nitrogens with zero attached hydrogens (tertiary/aromatic N) is 5. The molecular formula is C32H34F3N7O3. The number of benzene rings is 2. The summed E-state index contributed by atoms with van der Waals surface area (Å²) < 4.78 is 52.0. The van der Waals surface area contributed by atoms with Crippen LogP contribution in [0.1, 0.15) is 31.7 Å². The van der Waals surface area contributed by atoms with E-state index in [-0.39, 0.29) is 52.4 Å². The predicted octanol–water partition coefficient (Wildman–Crippen LogP) is 4.78. The van der Waals surface area contributed by atoms with Crippen LogP contribution >= 0.6 is 0 Å². The lowest BCUT2D eigenvalue weighted by atomic mass is 9.94. The van der Waals surface area contributed by atoms with Crippen molar-refractivity contribution in [2.24, 2.45) is 0 Å². The Labute approximate surface area is 257 Å². The number of halogens is 3. The van der Waals surface area contributed by atoms with Crippen LogP contribution in [0, 0.1) is 11.6 Å². The molecule has 2 aromatic carbocycles. The lowest BCUT2D eigenvalue weighted by molar-refractivity contribution is 0.107. The van der Waals surface area contributed by atoms with E-state index < -0.39 is 23.3 Å². The molecule has 0 bridgehead atoms. The van der Waals surface area contributed by atoms with E-state index in [4.69, 9.17) is 4.74 Å². The Kier molecular flexibility index (Phi) is 7.50. The Balaban J connectivity index is 1.30. The number of pyridine rings is 1. The Morgan fingerprint density at radius 3 is 2.89 bits per heavy atom. The molecule has 3 N–H and O–H groups in total. The highest BCUT2D eigenvalue weighted by atomic mass is 19.1. The number of hydrogen-bond donors (Lipinski definition) is 3. The fourth-order valence-electron chi connectivity index (χ4n) is 7.14. The number of urea groups is 1. The number of phenolic OH excluding ortho intramolecular Hbond substituents is 1. The molecule has 0 radical (unpaired) electrons. The van der Waals surface area contributed by atoms with Gasteiger partial charge in [-0.3, -0.25) is 9.88 Å². The van der Waals surface area contributed by atoms with Gasteiger partial charge in [-0.1, -0.05) is 13.0 Å². The number of rotatable bonds is 9. The zero-order chi connectivity index (χ0) is 31.3. The molecule has 2 aromatic heterocycles. The molecule has 4 aromatic rings. The molecule has 7 rings (SSSR count). The topological polar surface area (TPSA) is 116 Å². The number of aromatic nitrogens is 3. The van der Waals surface area contributed by atoms with Crippen molar-refractivity contribution in [3.05, 3.63) is 47.7 Å². The largest absolute Gasteiger partial charge is 0.508 e. The summed E-state index contributed by atoms with van der Waals surface area (Å²) in [6.07, 6.45) is 2.92. The summed E-state index contributed by atoms with van der Waals surface area (Å²) in [4.78, 5) is 29.2. The van der Waals surface area contributed by atoms with E-state index in [9.17, 15) is 18.7 Å². The zero-order valence-corrected chi connectivity index (χ0v) is 24.9. The highest BCUT2D eigenvalue weighted by molar-refractivity contribution is 6.01. The number of aryl methyl sites for hydroxylation is 1. The standard InChI is InChI=1S/C32H34F3N7O3/c1-2-21-24(34)5-4-18-12-20(43)13-22(25(18)21)27-26(35)28-23(15-38-27)29(36-7-10-41-11-8-37-31(41)44)40-30(39-28)45-17-32-6-3-9-42(32)16-19(33)14-32/h4-5,12-13,15,19,43H,2-3,6-11,14,16-17H2,1H3,(H,37,44)(H,36,39,40)/t19-,32+/m1/s1. The number of carbonyl (C=O) groups is 1. The number of anilines is 1. The summed E-state index contributed by atoms with van der Waals surface area (Å²) in [5.41, 5.74) is -0.0290. The number of carbonyl (C=O) groups excluding carboxylic acids is 1. The molecule has 2 amide bonds. The lowest BCUT2D eigenvalue weighted by Crippen LogP contribution is -2.43. The summed E-state index contributed by atoms with van der Waals surface area (Å²) in [6.45, 7) is 4.96. The monoisotopic (exact) mass is 621 g/mol. The molecule has 0 unspecified atom stereocenters. The Bertz CT molecular complexity index is 1810. The van der Waals surface area contributed by atoms with Crippen molar-refractivity contribution >= 4 is 33.5 Å². The molecular weight excluding hydrogens is 587 g/mol. The van der Waals surface area contributed by atoms with Crippen LogP contribution in [0.4, 0.5) is 23.8 Å². The molecule has 2 atom stereocenters. The second-order valence-electron chi connectivity index (χ2n) is 12.0. The van der Waals surface area contributed by atoms with E-state index in [0.29, 0.717) is 61.9 Å². The Hall–Kier alpha value is -4.39. The van der Waals surface area contributed by atoms with Crippen molar-refractivity contribution in [1.29, 1.82) is 0 Å².